The minimum absolute atomic E-state index is 0.00775. The zero-order valence-corrected chi connectivity index (χ0v) is 16.8. The maximum Gasteiger partial charge on any atom is 0.249 e. The summed E-state index contributed by atoms with van der Waals surface area (Å²) in [5.41, 5.74) is -1.27. The van der Waals surface area contributed by atoms with E-state index in [4.69, 9.17) is 0 Å². The number of rotatable bonds is 6. The van der Waals surface area contributed by atoms with Crippen molar-refractivity contribution in [1.82, 2.24) is 18.9 Å². The molecule has 0 amide bonds. The molecule has 0 spiro atoms. The molecule has 1 aliphatic heterocycles. The molecular weight excluding hydrogens is 423 g/mol. The summed E-state index contributed by atoms with van der Waals surface area (Å²) in [6.45, 7) is 0.227. The number of nitrogens with zero attached hydrogens (tertiary/aromatic N) is 4. The molecule has 8 nitrogen and oxygen atoms in total. The van der Waals surface area contributed by atoms with Crippen molar-refractivity contribution in [1.29, 1.82) is 0 Å². The number of piperidine rings is 1. The number of fused-ring (bicyclic) bond motifs is 1. The van der Waals surface area contributed by atoms with Crippen LogP contribution in [0.4, 0.5) is 19.1 Å². The average molecular weight is 445 g/mol. The van der Waals surface area contributed by atoms with Crippen LogP contribution in [0, 0.1) is 5.82 Å². The minimum Gasteiger partial charge on any atom is -0.390 e. The van der Waals surface area contributed by atoms with Gasteiger partial charge in [0.25, 0.3) is 0 Å². The number of hydrogen-bond acceptors (Lipinski definition) is 6. The Morgan fingerprint density at radius 2 is 2.00 bits per heavy atom. The highest BCUT2D eigenvalue weighted by atomic mass is 32.2. The molecule has 2 aromatic rings. The molecule has 2 N–H and O–H groups in total. The number of alkyl halides is 2. The molecule has 2 saturated carbocycles. The Hall–Kier alpha value is -1.92. The number of aliphatic hydroxyl groups excluding tert-OH is 1. The van der Waals surface area contributed by atoms with Crippen LogP contribution in [0.5, 0.6) is 0 Å². The lowest BCUT2D eigenvalue weighted by molar-refractivity contribution is 0.0946. The van der Waals surface area contributed by atoms with E-state index in [0.29, 0.717) is 19.3 Å². The maximum atomic E-state index is 14.2. The second-order valence-corrected chi connectivity index (χ2v) is 10.6. The van der Waals surface area contributed by atoms with Gasteiger partial charge in [0.15, 0.2) is 5.82 Å². The second kappa shape index (κ2) is 6.79. The molecule has 2 aromatic heterocycles. The topological polar surface area (TPSA) is 99.8 Å². The Kier molecular flexibility index (Phi) is 4.53. The third kappa shape index (κ3) is 3.16. The van der Waals surface area contributed by atoms with Gasteiger partial charge in [0.1, 0.15) is 5.52 Å². The van der Waals surface area contributed by atoms with Gasteiger partial charge in [-0.25, -0.2) is 31.1 Å². The highest BCUT2D eigenvalue weighted by Crippen LogP contribution is 2.53. The standard InChI is InChI=1S/C18H22F3N5O3S/c19-11-7-15(18(4-5-18)16(20)21)26-13(11)8-22-17(24-26)23-12-3-6-25(9-14(12)27)30(28,29)10-1-2-10/h7-8,10,12,14,16,27H,1-6,9H2,(H,23,24)/t12-,14-/m1/s1. The number of halogens is 3. The van der Waals surface area contributed by atoms with Crippen LogP contribution in [0.25, 0.3) is 5.52 Å². The molecular formula is C18H22F3N5O3S. The van der Waals surface area contributed by atoms with Crippen LogP contribution in [0.3, 0.4) is 0 Å². The van der Waals surface area contributed by atoms with Crippen molar-refractivity contribution in [3.05, 3.63) is 23.8 Å². The summed E-state index contributed by atoms with van der Waals surface area (Å²) >= 11 is 0. The SMILES string of the molecule is O=S(=O)(C1CC1)N1CC[C@@H](Nc2ncc3c(F)cc(C4(C(F)F)CC4)n3n2)[C@H](O)C1. The summed E-state index contributed by atoms with van der Waals surface area (Å²) < 4.78 is 68.5. The van der Waals surface area contributed by atoms with Crippen LogP contribution in [0.1, 0.15) is 37.8 Å². The molecule has 5 rings (SSSR count). The van der Waals surface area contributed by atoms with Gasteiger partial charge in [-0.2, -0.15) is 4.31 Å². The first-order valence-corrected chi connectivity index (χ1v) is 11.5. The molecule has 30 heavy (non-hydrogen) atoms. The molecule has 12 heteroatoms. The van der Waals surface area contributed by atoms with Crippen LogP contribution in [0.15, 0.2) is 12.3 Å². The molecule has 3 fully saturated rings. The summed E-state index contributed by atoms with van der Waals surface area (Å²) in [6.07, 6.45) is -0.229. The molecule has 3 heterocycles. The van der Waals surface area contributed by atoms with E-state index in [1.807, 2.05) is 0 Å². The molecule has 2 atom stereocenters. The quantitative estimate of drug-likeness (QED) is 0.699. The van der Waals surface area contributed by atoms with Gasteiger partial charge in [-0.3, -0.25) is 0 Å². The van der Waals surface area contributed by atoms with Crippen molar-refractivity contribution in [3.8, 4) is 0 Å². The average Bonchev–Trinajstić information content (AvgIpc) is 3.61. The largest absolute Gasteiger partial charge is 0.390 e. The number of sulfonamides is 1. The van der Waals surface area contributed by atoms with Crippen molar-refractivity contribution in [2.24, 2.45) is 0 Å². The molecule has 0 aromatic carbocycles. The number of β-amino-alcohol motifs (C(OH)–C–C–N with tert-alkyl or cyclic N) is 1. The number of aromatic nitrogens is 3. The van der Waals surface area contributed by atoms with Gasteiger partial charge in [0.05, 0.1) is 34.7 Å². The van der Waals surface area contributed by atoms with E-state index in [9.17, 15) is 26.7 Å². The van der Waals surface area contributed by atoms with Crippen LogP contribution < -0.4 is 5.32 Å². The van der Waals surface area contributed by atoms with E-state index in [0.717, 1.165) is 10.6 Å². The van der Waals surface area contributed by atoms with Crippen molar-refractivity contribution >= 4 is 21.5 Å². The summed E-state index contributed by atoms with van der Waals surface area (Å²) in [7, 11) is -3.37. The van der Waals surface area contributed by atoms with Crippen LogP contribution in [-0.2, 0) is 15.4 Å². The first kappa shape index (κ1) is 20.0. The summed E-state index contributed by atoms with van der Waals surface area (Å²) in [6, 6.07) is 0.574. The summed E-state index contributed by atoms with van der Waals surface area (Å²) in [5, 5.41) is 17.3. The summed E-state index contributed by atoms with van der Waals surface area (Å²) in [4.78, 5) is 4.05. The zero-order valence-electron chi connectivity index (χ0n) is 16.0. The van der Waals surface area contributed by atoms with Crippen molar-refractivity contribution in [2.75, 3.05) is 18.4 Å². The van der Waals surface area contributed by atoms with Gasteiger partial charge in [-0.15, -0.1) is 5.10 Å². The number of anilines is 1. The van der Waals surface area contributed by atoms with E-state index in [2.05, 4.69) is 15.4 Å². The number of aliphatic hydroxyl groups is 1. The Labute approximate surface area is 171 Å². The molecule has 3 aliphatic rings. The van der Waals surface area contributed by atoms with Gasteiger partial charge in [0.2, 0.25) is 22.4 Å². The Bertz CT molecular complexity index is 1080. The molecule has 0 unspecified atom stereocenters. The normalized spacial score (nSPS) is 27.0. The first-order chi connectivity index (χ1) is 14.2. The highest BCUT2D eigenvalue weighted by molar-refractivity contribution is 7.90. The highest BCUT2D eigenvalue weighted by Gasteiger charge is 2.55. The summed E-state index contributed by atoms with van der Waals surface area (Å²) in [5.74, 6) is -0.603. The monoisotopic (exact) mass is 445 g/mol. The Morgan fingerprint density at radius 1 is 1.27 bits per heavy atom. The van der Waals surface area contributed by atoms with E-state index in [1.165, 1.54) is 10.5 Å². The van der Waals surface area contributed by atoms with Gasteiger partial charge < -0.3 is 10.4 Å². The zero-order chi connectivity index (χ0) is 21.3. The molecule has 0 bridgehead atoms. The predicted octanol–water partition coefficient (Wildman–Crippen LogP) is 1.50. The Balaban J connectivity index is 1.36. The number of nitrogens with one attached hydrogen (secondary N) is 1. The first-order valence-electron chi connectivity index (χ1n) is 9.99. The van der Waals surface area contributed by atoms with E-state index >= 15 is 0 Å². The van der Waals surface area contributed by atoms with Crippen molar-refractivity contribution < 1.29 is 26.7 Å². The van der Waals surface area contributed by atoms with Gasteiger partial charge in [0, 0.05) is 13.1 Å². The van der Waals surface area contributed by atoms with Gasteiger partial charge >= 0.3 is 0 Å². The maximum absolute atomic E-state index is 14.2. The second-order valence-electron chi connectivity index (χ2n) is 8.42. The van der Waals surface area contributed by atoms with Crippen molar-refractivity contribution in [2.45, 2.75) is 61.3 Å². The van der Waals surface area contributed by atoms with E-state index < -0.39 is 39.8 Å². The molecule has 164 valence electrons. The van der Waals surface area contributed by atoms with Crippen LogP contribution >= 0.6 is 0 Å². The van der Waals surface area contributed by atoms with E-state index in [-0.39, 0.29) is 48.3 Å². The number of hydrogen-bond donors (Lipinski definition) is 2. The van der Waals surface area contributed by atoms with Crippen LogP contribution in [0.2, 0.25) is 0 Å². The predicted molar refractivity (Wildman–Crippen MR) is 101 cm³/mol. The van der Waals surface area contributed by atoms with E-state index in [1.54, 1.807) is 0 Å². The fourth-order valence-corrected chi connectivity index (χ4v) is 6.01. The van der Waals surface area contributed by atoms with Crippen molar-refractivity contribution in [3.63, 3.8) is 0 Å². The smallest absolute Gasteiger partial charge is 0.249 e. The molecule has 1 saturated heterocycles. The molecule has 0 radical (unpaired) electrons. The third-order valence-corrected chi connectivity index (χ3v) is 8.71. The fraction of sp³-hybridized carbons (Fsp3) is 0.667. The molecule has 2 aliphatic carbocycles. The lowest BCUT2D eigenvalue weighted by atomic mass is 10.0. The third-order valence-electron chi connectivity index (χ3n) is 6.35. The fourth-order valence-electron chi connectivity index (χ4n) is 4.14. The Morgan fingerprint density at radius 3 is 2.60 bits per heavy atom. The lowest BCUT2D eigenvalue weighted by Crippen LogP contribution is -2.52. The van der Waals surface area contributed by atoms with Gasteiger partial charge in [-0.1, -0.05) is 0 Å². The minimum atomic E-state index is -3.37. The van der Waals surface area contributed by atoms with Crippen LogP contribution in [-0.4, -0.2) is 69.3 Å². The van der Waals surface area contributed by atoms with Gasteiger partial charge in [-0.05, 0) is 38.2 Å². The lowest BCUT2D eigenvalue weighted by Gasteiger charge is -2.35.